The maximum absolute atomic E-state index is 12.9. The Balaban J connectivity index is 1.90. The maximum atomic E-state index is 12.9. The molecule has 1 saturated heterocycles. The Morgan fingerprint density at radius 3 is 2.74 bits per heavy atom. The van der Waals surface area contributed by atoms with Gasteiger partial charge in [0.15, 0.2) is 11.9 Å². The van der Waals surface area contributed by atoms with Gasteiger partial charge in [-0.3, -0.25) is 0 Å². The number of alkyl halides is 3. The Kier molecular flexibility index (Phi) is 3.52. The van der Waals surface area contributed by atoms with Gasteiger partial charge in [0.2, 0.25) is 0 Å². The van der Waals surface area contributed by atoms with Crippen LogP contribution in [0.4, 0.5) is 13.2 Å². The van der Waals surface area contributed by atoms with Crippen molar-refractivity contribution in [2.45, 2.75) is 31.7 Å². The van der Waals surface area contributed by atoms with Gasteiger partial charge in [-0.2, -0.15) is 18.3 Å². The summed E-state index contributed by atoms with van der Waals surface area (Å²) in [4.78, 5) is 0. The van der Waals surface area contributed by atoms with Crippen LogP contribution < -0.4 is 0 Å². The van der Waals surface area contributed by atoms with Crippen LogP contribution in [0.3, 0.4) is 0 Å². The fourth-order valence-corrected chi connectivity index (χ4v) is 3.62. The molecule has 0 aliphatic carbocycles. The van der Waals surface area contributed by atoms with Gasteiger partial charge in [-0.25, -0.2) is 9.20 Å². The second-order valence-electron chi connectivity index (χ2n) is 5.50. The summed E-state index contributed by atoms with van der Waals surface area (Å²) in [6.07, 6.45) is -0.710. The van der Waals surface area contributed by atoms with Crippen LogP contribution in [0.2, 0.25) is 0 Å². The summed E-state index contributed by atoms with van der Waals surface area (Å²) in [5, 5.41) is 9.55. The highest BCUT2D eigenvalue weighted by molar-refractivity contribution is 14.1. The van der Waals surface area contributed by atoms with Crippen LogP contribution in [0, 0.1) is 3.70 Å². The summed E-state index contributed by atoms with van der Waals surface area (Å²) in [5.74, 6) is 0. The van der Waals surface area contributed by atoms with Crippen LogP contribution in [-0.2, 0) is 10.9 Å². The van der Waals surface area contributed by atoms with Gasteiger partial charge in [0, 0.05) is 12.8 Å². The number of ether oxygens (including phenoxy) is 1. The van der Waals surface area contributed by atoms with Gasteiger partial charge in [0.1, 0.15) is 3.70 Å². The lowest BCUT2D eigenvalue weighted by Crippen LogP contribution is -2.19. The first-order valence-corrected chi connectivity index (χ1v) is 8.28. The SMILES string of the molecule is FC(F)(F)c1ccc2c3c(I)nn(C4CCCCO4)c3nn2c1. The van der Waals surface area contributed by atoms with E-state index < -0.39 is 11.7 Å². The van der Waals surface area contributed by atoms with Crippen molar-refractivity contribution >= 4 is 39.1 Å². The topological polar surface area (TPSA) is 44.3 Å². The van der Waals surface area contributed by atoms with Crippen LogP contribution in [0.15, 0.2) is 18.3 Å². The minimum absolute atomic E-state index is 0.207. The third-order valence-corrected chi connectivity index (χ3v) is 4.74. The molecule has 1 aliphatic heterocycles. The number of halogens is 4. The number of pyridine rings is 1. The molecule has 0 spiro atoms. The van der Waals surface area contributed by atoms with Gasteiger partial charge in [-0.1, -0.05) is 0 Å². The monoisotopic (exact) mass is 436 g/mol. The highest BCUT2D eigenvalue weighted by atomic mass is 127. The first-order chi connectivity index (χ1) is 10.9. The fraction of sp³-hybridized carbons (Fsp3) is 0.429. The van der Waals surface area contributed by atoms with Crippen molar-refractivity contribution in [2.24, 2.45) is 0 Å². The lowest BCUT2D eigenvalue weighted by Gasteiger charge is -2.22. The third-order valence-electron chi connectivity index (χ3n) is 3.99. The van der Waals surface area contributed by atoms with Crippen LogP contribution in [-0.4, -0.2) is 26.0 Å². The summed E-state index contributed by atoms with van der Waals surface area (Å²) in [7, 11) is 0. The average molecular weight is 436 g/mol. The number of fused-ring (bicyclic) bond motifs is 3. The summed E-state index contributed by atoms with van der Waals surface area (Å²) in [5.41, 5.74) is 0.443. The van der Waals surface area contributed by atoms with E-state index in [0.717, 1.165) is 36.9 Å². The Morgan fingerprint density at radius 1 is 1.22 bits per heavy atom. The molecule has 9 heteroatoms. The Bertz CT molecular complexity index is 880. The lowest BCUT2D eigenvalue weighted by molar-refractivity contribution is -0.137. The summed E-state index contributed by atoms with van der Waals surface area (Å²) in [6, 6.07) is 2.51. The molecule has 5 nitrogen and oxygen atoms in total. The molecule has 1 fully saturated rings. The molecule has 0 bridgehead atoms. The largest absolute Gasteiger partial charge is 0.417 e. The zero-order valence-corrected chi connectivity index (χ0v) is 14.0. The Labute approximate surface area is 142 Å². The van der Waals surface area contributed by atoms with E-state index in [0.29, 0.717) is 21.5 Å². The van der Waals surface area contributed by atoms with Gasteiger partial charge < -0.3 is 4.74 Å². The first kappa shape index (κ1) is 15.2. The second-order valence-corrected chi connectivity index (χ2v) is 6.52. The van der Waals surface area contributed by atoms with Gasteiger partial charge in [0.25, 0.3) is 0 Å². The Morgan fingerprint density at radius 2 is 2.04 bits per heavy atom. The standard InChI is InChI=1S/C14H12F3IN4O/c15-14(16,17)8-4-5-9-11-12(18)19-22(10-3-1-2-6-23-10)13(11)20-21(9)7-8/h4-5,7,10H,1-3,6H2. The maximum Gasteiger partial charge on any atom is 0.417 e. The molecule has 1 aliphatic rings. The van der Waals surface area contributed by atoms with Crippen LogP contribution >= 0.6 is 22.6 Å². The molecular formula is C14H12F3IN4O. The van der Waals surface area contributed by atoms with E-state index in [1.54, 1.807) is 4.68 Å². The molecule has 4 rings (SSSR count). The minimum atomic E-state index is -4.39. The molecule has 0 N–H and O–H groups in total. The number of aromatic nitrogens is 4. The van der Waals surface area contributed by atoms with Crippen LogP contribution in [0.1, 0.15) is 31.1 Å². The van der Waals surface area contributed by atoms with Crippen molar-refractivity contribution in [3.05, 3.63) is 27.6 Å². The zero-order valence-electron chi connectivity index (χ0n) is 11.8. The normalized spacial score (nSPS) is 19.7. The predicted molar refractivity (Wildman–Crippen MR) is 85.0 cm³/mol. The molecule has 122 valence electrons. The molecular weight excluding hydrogens is 424 g/mol. The summed E-state index contributed by atoms with van der Waals surface area (Å²) >= 11 is 2.08. The minimum Gasteiger partial charge on any atom is -0.356 e. The van der Waals surface area contributed by atoms with E-state index in [-0.39, 0.29) is 6.23 Å². The van der Waals surface area contributed by atoms with E-state index in [1.165, 1.54) is 10.6 Å². The van der Waals surface area contributed by atoms with Gasteiger partial charge >= 0.3 is 6.18 Å². The number of rotatable bonds is 1. The smallest absolute Gasteiger partial charge is 0.356 e. The van der Waals surface area contributed by atoms with Crippen molar-refractivity contribution in [3.63, 3.8) is 0 Å². The lowest BCUT2D eigenvalue weighted by atomic mass is 10.2. The molecule has 0 amide bonds. The van der Waals surface area contributed by atoms with E-state index >= 15 is 0 Å². The van der Waals surface area contributed by atoms with Gasteiger partial charge in [0.05, 0.1) is 16.5 Å². The molecule has 3 aromatic heterocycles. The van der Waals surface area contributed by atoms with Crippen molar-refractivity contribution in [2.75, 3.05) is 6.61 Å². The van der Waals surface area contributed by atoms with Crippen molar-refractivity contribution in [1.82, 2.24) is 19.4 Å². The van der Waals surface area contributed by atoms with Gasteiger partial charge in [-0.05, 0) is 54.0 Å². The van der Waals surface area contributed by atoms with Crippen LogP contribution in [0.5, 0.6) is 0 Å². The highest BCUT2D eigenvalue weighted by Gasteiger charge is 2.32. The third kappa shape index (κ3) is 2.49. The van der Waals surface area contributed by atoms with E-state index in [4.69, 9.17) is 4.74 Å². The zero-order chi connectivity index (χ0) is 16.2. The molecule has 0 saturated carbocycles. The first-order valence-electron chi connectivity index (χ1n) is 7.20. The van der Waals surface area contributed by atoms with Crippen molar-refractivity contribution < 1.29 is 17.9 Å². The quantitative estimate of drug-likeness (QED) is 0.542. The van der Waals surface area contributed by atoms with Crippen molar-refractivity contribution in [1.29, 1.82) is 0 Å². The van der Waals surface area contributed by atoms with Gasteiger partial charge in [-0.15, -0.1) is 5.10 Å². The van der Waals surface area contributed by atoms with Crippen molar-refractivity contribution in [3.8, 4) is 0 Å². The Hall–Kier alpha value is -1.36. The number of nitrogens with zero attached hydrogens (tertiary/aromatic N) is 4. The summed E-state index contributed by atoms with van der Waals surface area (Å²) < 4.78 is 48.0. The molecule has 0 aromatic carbocycles. The number of hydrogen-bond donors (Lipinski definition) is 0. The summed E-state index contributed by atoms with van der Waals surface area (Å²) in [6.45, 7) is 0.661. The molecule has 0 radical (unpaired) electrons. The van der Waals surface area contributed by atoms with E-state index in [2.05, 4.69) is 32.8 Å². The average Bonchev–Trinajstić information content (AvgIpc) is 3.04. The second kappa shape index (κ2) is 5.33. The molecule has 1 unspecified atom stereocenters. The number of hydrogen-bond acceptors (Lipinski definition) is 3. The highest BCUT2D eigenvalue weighted by Crippen LogP contribution is 2.33. The van der Waals surface area contributed by atoms with E-state index in [1.807, 2.05) is 0 Å². The van der Waals surface area contributed by atoms with Crippen LogP contribution in [0.25, 0.3) is 16.6 Å². The molecule has 4 heterocycles. The molecule has 23 heavy (non-hydrogen) atoms. The molecule has 1 atom stereocenters. The molecule has 3 aromatic rings. The predicted octanol–water partition coefficient (Wildman–Crippen LogP) is 4.01. The fourth-order valence-electron chi connectivity index (χ4n) is 2.87. The van der Waals surface area contributed by atoms with E-state index in [9.17, 15) is 13.2 Å².